The number of isocyanates is 1. The Morgan fingerprint density at radius 3 is 2.52 bits per heavy atom. The second-order valence-electron chi connectivity index (χ2n) is 7.11. The summed E-state index contributed by atoms with van der Waals surface area (Å²) in [6, 6.07) is 10.3. The maximum Gasteiger partial charge on any atom is 0.235 e. The standard InChI is InChI=1S/C18H21NO2/c20-12-19-17-16-7-14-6-15(8-16)10-18(17,9-14)21-11-13-4-2-1-3-5-13/h1-5,14-17H,6-11H2. The summed E-state index contributed by atoms with van der Waals surface area (Å²) in [6.07, 6.45) is 7.76. The van der Waals surface area contributed by atoms with Gasteiger partial charge >= 0.3 is 0 Å². The van der Waals surface area contributed by atoms with Gasteiger partial charge in [0.15, 0.2) is 0 Å². The van der Waals surface area contributed by atoms with E-state index in [0.29, 0.717) is 12.5 Å². The largest absolute Gasteiger partial charge is 0.368 e. The van der Waals surface area contributed by atoms with Crippen LogP contribution in [0.15, 0.2) is 35.3 Å². The van der Waals surface area contributed by atoms with Crippen LogP contribution in [0, 0.1) is 17.8 Å². The highest BCUT2D eigenvalue weighted by molar-refractivity contribution is 5.35. The van der Waals surface area contributed by atoms with Gasteiger partial charge < -0.3 is 4.74 Å². The molecule has 3 atom stereocenters. The van der Waals surface area contributed by atoms with Gasteiger partial charge in [-0.25, -0.2) is 4.79 Å². The Kier molecular flexibility index (Phi) is 3.20. The molecule has 4 fully saturated rings. The van der Waals surface area contributed by atoms with Gasteiger partial charge in [0.2, 0.25) is 6.08 Å². The highest BCUT2D eigenvalue weighted by Crippen LogP contribution is 2.58. The molecule has 1 aromatic rings. The number of nitrogens with zero attached hydrogens (tertiary/aromatic N) is 1. The third kappa shape index (κ3) is 2.25. The van der Waals surface area contributed by atoms with E-state index in [-0.39, 0.29) is 11.6 Å². The third-order valence-electron chi connectivity index (χ3n) is 5.75. The molecular formula is C18H21NO2. The summed E-state index contributed by atoms with van der Waals surface area (Å²) in [5.74, 6) is 2.08. The van der Waals surface area contributed by atoms with E-state index >= 15 is 0 Å². The fraction of sp³-hybridized carbons (Fsp3) is 0.611. The molecule has 0 saturated heterocycles. The number of carbonyl (C=O) groups excluding carboxylic acids is 1. The third-order valence-corrected chi connectivity index (χ3v) is 5.75. The van der Waals surface area contributed by atoms with Crippen LogP contribution < -0.4 is 0 Å². The molecule has 3 unspecified atom stereocenters. The van der Waals surface area contributed by atoms with Crippen molar-refractivity contribution in [2.45, 2.75) is 50.4 Å². The first kappa shape index (κ1) is 13.2. The van der Waals surface area contributed by atoms with Crippen molar-refractivity contribution < 1.29 is 9.53 Å². The Morgan fingerprint density at radius 2 is 1.86 bits per heavy atom. The van der Waals surface area contributed by atoms with Gasteiger partial charge in [0.1, 0.15) is 0 Å². The van der Waals surface area contributed by atoms with Crippen molar-refractivity contribution in [1.82, 2.24) is 0 Å². The van der Waals surface area contributed by atoms with Gasteiger partial charge in [-0.1, -0.05) is 30.3 Å². The van der Waals surface area contributed by atoms with Crippen LogP contribution in [0.1, 0.15) is 37.7 Å². The first-order valence-electron chi connectivity index (χ1n) is 8.04. The summed E-state index contributed by atoms with van der Waals surface area (Å²) in [4.78, 5) is 15.0. The summed E-state index contributed by atoms with van der Waals surface area (Å²) in [7, 11) is 0. The lowest BCUT2D eigenvalue weighted by atomic mass is 9.52. The molecule has 0 amide bonds. The SMILES string of the molecule is O=C=NC1C2CC3CC(C2)CC1(OCc1ccccc1)C3. The van der Waals surface area contributed by atoms with Crippen LogP contribution in [0.3, 0.4) is 0 Å². The van der Waals surface area contributed by atoms with Gasteiger partial charge in [-0.15, -0.1) is 0 Å². The number of aliphatic imine (C=N–C) groups is 1. The predicted octanol–water partition coefficient (Wildman–Crippen LogP) is 3.49. The lowest BCUT2D eigenvalue weighted by molar-refractivity contribution is -0.180. The minimum absolute atomic E-state index is 0.0338. The molecule has 0 N–H and O–H groups in total. The van der Waals surface area contributed by atoms with E-state index in [0.717, 1.165) is 24.7 Å². The summed E-state index contributed by atoms with van der Waals surface area (Å²) in [5, 5.41) is 0. The smallest absolute Gasteiger partial charge is 0.235 e. The minimum atomic E-state index is -0.206. The highest BCUT2D eigenvalue weighted by Gasteiger charge is 2.58. The Morgan fingerprint density at radius 1 is 1.14 bits per heavy atom. The molecule has 0 heterocycles. The molecule has 21 heavy (non-hydrogen) atoms. The van der Waals surface area contributed by atoms with E-state index in [1.165, 1.54) is 24.8 Å². The Bertz CT molecular complexity index is 550. The van der Waals surface area contributed by atoms with E-state index < -0.39 is 0 Å². The van der Waals surface area contributed by atoms with Crippen LogP contribution in [0.4, 0.5) is 0 Å². The van der Waals surface area contributed by atoms with E-state index in [2.05, 4.69) is 17.1 Å². The normalized spacial score (nSPS) is 40.0. The molecule has 0 spiro atoms. The zero-order chi connectivity index (χ0) is 14.3. The van der Waals surface area contributed by atoms with Crippen molar-refractivity contribution in [2.75, 3.05) is 0 Å². The van der Waals surface area contributed by atoms with E-state index in [4.69, 9.17) is 4.74 Å². The molecule has 4 aliphatic carbocycles. The number of hydrogen-bond donors (Lipinski definition) is 0. The maximum atomic E-state index is 10.9. The molecular weight excluding hydrogens is 262 g/mol. The molecule has 4 aliphatic rings. The summed E-state index contributed by atoms with van der Waals surface area (Å²) >= 11 is 0. The quantitative estimate of drug-likeness (QED) is 0.627. The number of ether oxygens (including phenoxy) is 1. The molecule has 110 valence electrons. The fourth-order valence-corrected chi connectivity index (χ4v) is 5.22. The van der Waals surface area contributed by atoms with Crippen molar-refractivity contribution in [3.05, 3.63) is 35.9 Å². The van der Waals surface area contributed by atoms with Crippen molar-refractivity contribution in [1.29, 1.82) is 0 Å². The predicted molar refractivity (Wildman–Crippen MR) is 79.4 cm³/mol. The summed E-state index contributed by atoms with van der Waals surface area (Å²) in [6.45, 7) is 0.623. The maximum absolute atomic E-state index is 10.9. The van der Waals surface area contributed by atoms with Gasteiger partial charge in [0.05, 0.1) is 18.2 Å². The van der Waals surface area contributed by atoms with Crippen LogP contribution >= 0.6 is 0 Å². The van der Waals surface area contributed by atoms with Crippen LogP contribution in [0.25, 0.3) is 0 Å². The van der Waals surface area contributed by atoms with Gasteiger partial charge in [0.25, 0.3) is 0 Å². The zero-order valence-corrected chi connectivity index (χ0v) is 12.2. The van der Waals surface area contributed by atoms with E-state index in [1.807, 2.05) is 24.3 Å². The van der Waals surface area contributed by atoms with Crippen LogP contribution in [0.2, 0.25) is 0 Å². The molecule has 0 aromatic heterocycles. The first-order valence-corrected chi connectivity index (χ1v) is 8.04. The van der Waals surface area contributed by atoms with Gasteiger partial charge in [0, 0.05) is 0 Å². The monoisotopic (exact) mass is 283 g/mol. The molecule has 5 rings (SSSR count). The van der Waals surface area contributed by atoms with Crippen LogP contribution in [-0.2, 0) is 16.1 Å². The van der Waals surface area contributed by atoms with Crippen molar-refractivity contribution in [3.8, 4) is 0 Å². The lowest BCUT2D eigenvalue weighted by Crippen LogP contribution is -2.60. The zero-order valence-electron chi connectivity index (χ0n) is 12.2. The molecule has 0 aliphatic heterocycles. The number of hydrogen-bond acceptors (Lipinski definition) is 3. The Hall–Kier alpha value is -1.44. The number of rotatable bonds is 4. The molecule has 1 aromatic carbocycles. The molecule has 4 saturated carbocycles. The van der Waals surface area contributed by atoms with Gasteiger partial charge in [-0.2, -0.15) is 4.99 Å². The number of benzene rings is 1. The second kappa shape index (κ2) is 5.08. The van der Waals surface area contributed by atoms with Gasteiger partial charge in [-0.05, 0) is 55.4 Å². The highest BCUT2D eigenvalue weighted by atomic mass is 16.5. The Balaban J connectivity index is 1.59. The van der Waals surface area contributed by atoms with E-state index in [9.17, 15) is 4.79 Å². The average molecular weight is 283 g/mol. The second-order valence-corrected chi connectivity index (χ2v) is 7.11. The fourth-order valence-electron chi connectivity index (χ4n) is 5.22. The van der Waals surface area contributed by atoms with Crippen molar-refractivity contribution in [3.63, 3.8) is 0 Å². The van der Waals surface area contributed by atoms with Crippen LogP contribution in [-0.4, -0.2) is 17.7 Å². The molecule has 3 heteroatoms. The van der Waals surface area contributed by atoms with Crippen molar-refractivity contribution in [2.24, 2.45) is 22.7 Å². The minimum Gasteiger partial charge on any atom is -0.368 e. The summed E-state index contributed by atoms with van der Waals surface area (Å²) in [5.41, 5.74) is 0.990. The first-order chi connectivity index (χ1) is 10.3. The van der Waals surface area contributed by atoms with Gasteiger partial charge in [-0.3, -0.25) is 0 Å². The summed E-state index contributed by atoms with van der Waals surface area (Å²) < 4.78 is 6.42. The van der Waals surface area contributed by atoms with Crippen LogP contribution in [0.5, 0.6) is 0 Å². The molecule has 4 bridgehead atoms. The lowest BCUT2D eigenvalue weighted by Gasteiger charge is -2.59. The Labute approximate surface area is 125 Å². The molecule has 3 nitrogen and oxygen atoms in total. The topological polar surface area (TPSA) is 38.7 Å². The average Bonchev–Trinajstić information content (AvgIpc) is 2.49. The molecule has 0 radical (unpaired) electrons. The van der Waals surface area contributed by atoms with E-state index in [1.54, 1.807) is 0 Å². The van der Waals surface area contributed by atoms with Crippen molar-refractivity contribution >= 4 is 6.08 Å².